The van der Waals surface area contributed by atoms with E-state index in [2.05, 4.69) is 20.0 Å². The lowest BCUT2D eigenvalue weighted by Crippen LogP contribution is -2.54. The smallest absolute Gasteiger partial charge is 0.377 e. The Morgan fingerprint density at radius 2 is 0.500 bits per heavy atom. The van der Waals surface area contributed by atoms with Crippen LogP contribution in [0.1, 0.15) is 77.6 Å². The van der Waals surface area contributed by atoms with Crippen LogP contribution >= 0.6 is 0 Å². The van der Waals surface area contributed by atoms with Crippen molar-refractivity contribution < 1.29 is 53.1 Å². The highest BCUT2D eigenvalue weighted by Gasteiger charge is 2.42. The van der Waals surface area contributed by atoms with Crippen molar-refractivity contribution in [3.8, 4) is 0 Å². The molecular weight excluding hydrogens is 955 g/mol. The first-order valence-corrected chi connectivity index (χ1v) is 38.0. The first-order chi connectivity index (χ1) is 31.4. The first kappa shape index (κ1) is 63.2. The summed E-state index contributed by atoms with van der Waals surface area (Å²) in [4.78, 5) is 42.0. The summed E-state index contributed by atoms with van der Waals surface area (Å²) in [6.45, 7) is 7.75. The molecule has 1 aromatic rings. The van der Waals surface area contributed by atoms with Gasteiger partial charge in [-0.3, -0.25) is 0 Å². The Morgan fingerprint density at radius 3 is 0.697 bits per heavy atom. The van der Waals surface area contributed by atoms with Gasteiger partial charge in [0.1, 0.15) is 0 Å². The van der Waals surface area contributed by atoms with Gasteiger partial charge in [-0.25, -0.2) is 28.1 Å². The molecule has 18 nitrogen and oxygen atoms in total. The maximum Gasteiger partial charge on any atom is 0.500 e. The predicted molar refractivity (Wildman–Crippen MR) is 274 cm³/mol. The second kappa shape index (κ2) is 32.3. The fourth-order valence-corrected chi connectivity index (χ4v) is 25.5. The van der Waals surface area contributed by atoms with Gasteiger partial charge >= 0.3 is 52.3 Å². The zero-order valence-corrected chi connectivity index (χ0v) is 49.9. The summed E-state index contributed by atoms with van der Waals surface area (Å²) in [5.41, 5.74) is -1.54. The Morgan fingerprint density at radius 1 is 0.303 bits per heavy atom. The highest BCUT2D eigenvalue weighted by atomic mass is 28.4. The van der Waals surface area contributed by atoms with Crippen molar-refractivity contribution in [1.29, 1.82) is 0 Å². The van der Waals surface area contributed by atoms with Gasteiger partial charge < -0.3 is 53.1 Å². The van der Waals surface area contributed by atoms with Gasteiger partial charge in [0.15, 0.2) is 0 Å². The molecule has 0 atom stereocenters. The molecule has 0 spiro atoms. The van der Waals surface area contributed by atoms with Crippen LogP contribution < -0.4 is 17.1 Å². The number of unbranched alkanes of at least 4 members (excludes halogenated alkanes) is 4. The van der Waals surface area contributed by atoms with Crippen LogP contribution in [0.5, 0.6) is 0 Å². The average molecular weight is 1050 g/mol. The Hall–Kier alpha value is -0.769. The fraction of sp³-hybridized carbons (Fsp3) is 0.929. The van der Waals surface area contributed by atoms with Gasteiger partial charge in [-0.15, -0.1) is 0 Å². The molecule has 0 aliphatic carbocycles. The van der Waals surface area contributed by atoms with E-state index in [1.165, 1.54) is 13.7 Å². The van der Waals surface area contributed by atoms with E-state index in [-0.39, 0.29) is 19.6 Å². The first-order valence-electron chi connectivity index (χ1n) is 24.0. The molecule has 0 unspecified atom stereocenters. The van der Waals surface area contributed by atoms with Crippen LogP contribution in [0.15, 0.2) is 14.4 Å². The number of hydrogen-bond acceptors (Lipinski definition) is 15. The van der Waals surface area contributed by atoms with Gasteiger partial charge in [-0.05, 0) is 19.3 Å². The minimum absolute atomic E-state index is 0.256. The molecule has 66 heavy (non-hydrogen) atoms. The number of aromatic nitrogens is 3. The minimum atomic E-state index is -2.73. The van der Waals surface area contributed by atoms with Crippen LogP contribution in [0, 0.1) is 0 Å². The van der Waals surface area contributed by atoms with Crippen molar-refractivity contribution in [2.24, 2.45) is 0 Å². The van der Waals surface area contributed by atoms with Crippen molar-refractivity contribution in [3.05, 3.63) is 31.5 Å². The van der Waals surface area contributed by atoms with E-state index in [0.717, 1.165) is 112 Å². The third-order valence-corrected chi connectivity index (χ3v) is 34.7. The molecule has 0 aliphatic heterocycles. The molecule has 1 aromatic heterocycles. The van der Waals surface area contributed by atoms with Gasteiger partial charge in [0.2, 0.25) is 0 Å². The van der Waals surface area contributed by atoms with Crippen molar-refractivity contribution >= 4 is 51.4 Å². The topological polar surface area (TPSA) is 177 Å². The largest absolute Gasteiger partial charge is 0.500 e. The van der Waals surface area contributed by atoms with Crippen LogP contribution in [0.4, 0.5) is 0 Å². The van der Waals surface area contributed by atoms with E-state index in [1.54, 1.807) is 85.3 Å². The maximum atomic E-state index is 14.2. The van der Waals surface area contributed by atoms with Crippen molar-refractivity contribution in [2.75, 3.05) is 85.3 Å². The third-order valence-electron chi connectivity index (χ3n) is 14.0. The quantitative estimate of drug-likeness (QED) is 0.0476. The molecule has 0 bridgehead atoms. The summed E-state index contributed by atoms with van der Waals surface area (Å²) in [5, 5.41) is 0. The van der Waals surface area contributed by atoms with E-state index in [1.807, 2.05) is 0 Å². The van der Waals surface area contributed by atoms with Crippen molar-refractivity contribution in [3.63, 3.8) is 0 Å². The summed E-state index contributed by atoms with van der Waals surface area (Å²) in [7, 11) is 5.09. The van der Waals surface area contributed by atoms with Gasteiger partial charge in [0.05, 0.1) is 16.1 Å². The number of hydrogen-bond donors (Lipinski definition) is 0. The second-order valence-electron chi connectivity index (χ2n) is 18.1. The molecular formula is C42H93N3O15Si6. The zero-order valence-electron chi connectivity index (χ0n) is 43.9. The van der Waals surface area contributed by atoms with Crippen LogP contribution in [-0.2, 0) is 72.7 Å². The molecule has 0 fully saturated rings. The van der Waals surface area contributed by atoms with Gasteiger partial charge in [0.25, 0.3) is 0 Å². The Bertz CT molecular complexity index is 1450. The van der Waals surface area contributed by atoms with Crippen LogP contribution in [0.2, 0.25) is 73.5 Å². The summed E-state index contributed by atoms with van der Waals surface area (Å²) >= 11 is 0. The standard InChI is InChI=1S/C42H93N3O15Si6/c1-16-17-18-27-43-40(46)44(28-19-21-30-61(14,32-23-36-63(49-2,50-3)51-4)33-24-37-64(52-5,53-6)54-7)42(48)45(41(43)47)29-20-22-31-62(15,34-25-38-65(55-8,56-9)57-10)35-26-39-66(58-11,59-12)60-13/h16-39H2,1-15H3. The zero-order chi connectivity index (χ0) is 49.9. The highest BCUT2D eigenvalue weighted by molar-refractivity contribution is 6.79. The summed E-state index contributed by atoms with van der Waals surface area (Å²) in [5.74, 6) is 0. The van der Waals surface area contributed by atoms with Crippen LogP contribution in [-0.4, -0.2) is 150 Å². The SMILES string of the molecule is CCCCCn1c(=O)n(CCCC[Si](C)(CCC[Si](OC)(OC)OC)CCC[Si](OC)(OC)OC)c(=O)n(CCCC[Si](C)(CCC[Si](OC)(OC)OC)CCC[Si](OC)(OC)OC)c1=O. The molecule has 1 rings (SSSR count). The number of rotatable bonds is 42. The maximum absolute atomic E-state index is 14.2. The normalized spacial score (nSPS) is 13.3. The van der Waals surface area contributed by atoms with E-state index >= 15 is 0 Å². The van der Waals surface area contributed by atoms with Gasteiger partial charge in [-0.2, -0.15) is 0 Å². The molecule has 0 radical (unpaired) electrons. The second-order valence-corrected chi connectivity index (χ2v) is 40.7. The summed E-state index contributed by atoms with van der Waals surface area (Å²) in [6, 6.07) is 9.08. The Kier molecular flexibility index (Phi) is 30.9. The average Bonchev–Trinajstić information content (AvgIpc) is 3.33. The molecule has 0 N–H and O–H groups in total. The van der Waals surface area contributed by atoms with Crippen molar-refractivity contribution in [1.82, 2.24) is 13.7 Å². The lowest BCUT2D eigenvalue weighted by Gasteiger charge is -2.31. The van der Waals surface area contributed by atoms with E-state index in [0.29, 0.717) is 19.3 Å². The summed E-state index contributed by atoms with van der Waals surface area (Å²) in [6.07, 6.45) is 9.16. The summed E-state index contributed by atoms with van der Waals surface area (Å²) < 4.78 is 72.6. The fourth-order valence-electron chi connectivity index (χ4n) is 9.32. The molecule has 24 heteroatoms. The highest BCUT2D eigenvalue weighted by Crippen LogP contribution is 2.33. The molecule has 0 saturated heterocycles. The van der Waals surface area contributed by atoms with Gasteiger partial charge in [0, 0.05) is 129 Å². The Labute approximate surface area is 404 Å². The van der Waals surface area contributed by atoms with Crippen molar-refractivity contribution in [2.45, 2.75) is 171 Å². The van der Waals surface area contributed by atoms with Crippen LogP contribution in [0.25, 0.3) is 0 Å². The van der Waals surface area contributed by atoms with Crippen LogP contribution in [0.3, 0.4) is 0 Å². The molecule has 0 amide bonds. The third kappa shape index (κ3) is 19.4. The molecule has 390 valence electrons. The minimum Gasteiger partial charge on any atom is -0.377 e. The van der Waals surface area contributed by atoms with E-state index in [9.17, 15) is 14.4 Å². The molecule has 1 heterocycles. The van der Waals surface area contributed by atoms with E-state index in [4.69, 9.17) is 53.1 Å². The number of nitrogens with zero attached hydrogens (tertiary/aromatic N) is 3. The Balaban J connectivity index is 3.34. The van der Waals surface area contributed by atoms with Gasteiger partial charge in [-0.1, -0.05) is 108 Å². The molecule has 0 aromatic carbocycles. The predicted octanol–water partition coefficient (Wildman–Crippen LogP) is 7.15. The molecule has 0 saturated carbocycles. The van der Waals surface area contributed by atoms with E-state index < -0.39 is 68.4 Å². The lowest BCUT2D eigenvalue weighted by molar-refractivity contribution is 0.122. The monoisotopic (exact) mass is 1050 g/mol. The lowest BCUT2D eigenvalue weighted by atomic mass is 10.2. The molecule has 0 aliphatic rings.